The van der Waals surface area contributed by atoms with Crippen LogP contribution in [-0.4, -0.2) is 78.9 Å². The van der Waals surface area contributed by atoms with Gasteiger partial charge in [0.2, 0.25) is 0 Å². The number of pyridine rings is 2. The summed E-state index contributed by atoms with van der Waals surface area (Å²) in [7, 11) is 0. The highest BCUT2D eigenvalue weighted by Crippen LogP contribution is 2.37. The number of nitrogens with zero attached hydrogens (tertiary/aromatic N) is 6. The Hall–Kier alpha value is -3.25. The van der Waals surface area contributed by atoms with Crippen LogP contribution in [0.2, 0.25) is 0 Å². The van der Waals surface area contributed by atoms with Crippen LogP contribution in [-0.2, 0) is 4.74 Å². The Balaban J connectivity index is 1.20. The molecule has 3 aromatic rings. The number of anilines is 2. The van der Waals surface area contributed by atoms with E-state index in [1.54, 1.807) is 6.20 Å². The number of hydrogen-bond donors (Lipinski definition) is 1. The second-order valence-electron chi connectivity index (χ2n) is 10.7. The summed E-state index contributed by atoms with van der Waals surface area (Å²) >= 11 is 0. The summed E-state index contributed by atoms with van der Waals surface area (Å²) in [5, 5.41) is 10.6. The minimum absolute atomic E-state index is 0.0218. The van der Waals surface area contributed by atoms with Crippen LogP contribution in [0.3, 0.4) is 0 Å². The highest BCUT2D eigenvalue weighted by molar-refractivity contribution is 5.95. The molecule has 2 aromatic heterocycles. The number of rotatable bonds is 3. The van der Waals surface area contributed by atoms with Gasteiger partial charge < -0.3 is 20.3 Å². The van der Waals surface area contributed by atoms with Gasteiger partial charge in [-0.3, -0.25) is 9.88 Å². The van der Waals surface area contributed by atoms with Crippen LogP contribution in [0.5, 0.6) is 0 Å². The molecule has 1 aromatic carbocycles. The molecule has 4 atom stereocenters. The third-order valence-corrected chi connectivity index (χ3v) is 8.31. The third-order valence-electron chi connectivity index (χ3n) is 8.31. The molecule has 0 bridgehead atoms. The van der Waals surface area contributed by atoms with Gasteiger partial charge in [-0.05, 0) is 68.1 Å². The number of benzene rings is 1. The van der Waals surface area contributed by atoms with Crippen LogP contribution in [0, 0.1) is 11.3 Å². The number of piperazine rings is 1. The van der Waals surface area contributed by atoms with Crippen LogP contribution in [0.4, 0.5) is 11.5 Å². The van der Waals surface area contributed by atoms with E-state index < -0.39 is 0 Å². The zero-order valence-electron chi connectivity index (χ0n) is 21.5. The van der Waals surface area contributed by atoms with E-state index in [1.807, 2.05) is 12.1 Å². The molecule has 0 radical (unpaired) electrons. The Morgan fingerprint density at radius 1 is 1.05 bits per heavy atom. The van der Waals surface area contributed by atoms with Crippen molar-refractivity contribution in [2.75, 3.05) is 55.7 Å². The van der Waals surface area contributed by atoms with Gasteiger partial charge in [-0.25, -0.2) is 4.98 Å². The summed E-state index contributed by atoms with van der Waals surface area (Å²) in [4.78, 5) is 16.8. The first kappa shape index (κ1) is 24.1. The topological polar surface area (TPSA) is 94.5 Å². The number of fused-ring (bicyclic) bond motifs is 2. The molecule has 3 aliphatic heterocycles. The summed E-state index contributed by atoms with van der Waals surface area (Å²) in [6.45, 7) is 8.32. The molecule has 3 fully saturated rings. The van der Waals surface area contributed by atoms with Gasteiger partial charge in [0, 0.05) is 67.8 Å². The molecular weight excluding hydrogens is 462 g/mol. The van der Waals surface area contributed by atoms with E-state index in [-0.39, 0.29) is 6.04 Å². The van der Waals surface area contributed by atoms with Crippen molar-refractivity contribution >= 4 is 22.4 Å². The smallest absolute Gasteiger partial charge is 0.128 e. The minimum atomic E-state index is 0.0218. The zero-order chi connectivity index (χ0) is 25.4. The number of piperidine rings is 1. The fraction of sp³-hybridized carbons (Fsp3) is 0.483. The molecule has 0 spiro atoms. The molecule has 3 saturated heterocycles. The van der Waals surface area contributed by atoms with Crippen molar-refractivity contribution in [3.05, 3.63) is 59.9 Å². The quantitative estimate of drug-likeness (QED) is 0.590. The van der Waals surface area contributed by atoms with E-state index >= 15 is 0 Å². The second-order valence-corrected chi connectivity index (χ2v) is 10.7. The molecule has 6 rings (SSSR count). The molecule has 8 heteroatoms. The molecule has 0 amide bonds. The Morgan fingerprint density at radius 3 is 2.81 bits per heavy atom. The molecule has 0 aliphatic carbocycles. The van der Waals surface area contributed by atoms with Gasteiger partial charge in [0.05, 0.1) is 24.3 Å². The zero-order valence-corrected chi connectivity index (χ0v) is 21.5. The lowest BCUT2D eigenvalue weighted by Crippen LogP contribution is -2.60. The van der Waals surface area contributed by atoms with Crippen LogP contribution in [0.25, 0.3) is 10.9 Å². The van der Waals surface area contributed by atoms with Gasteiger partial charge in [-0.2, -0.15) is 5.26 Å². The number of hydrogen-bond acceptors (Lipinski definition) is 8. The lowest BCUT2D eigenvalue weighted by Gasteiger charge is -2.50. The minimum Gasteiger partial charge on any atom is -0.378 e. The maximum Gasteiger partial charge on any atom is 0.128 e. The van der Waals surface area contributed by atoms with Crippen LogP contribution in [0.1, 0.15) is 36.8 Å². The van der Waals surface area contributed by atoms with Crippen molar-refractivity contribution < 1.29 is 4.74 Å². The van der Waals surface area contributed by atoms with Crippen LogP contribution >= 0.6 is 0 Å². The van der Waals surface area contributed by atoms with Gasteiger partial charge in [-0.15, -0.1) is 0 Å². The van der Waals surface area contributed by atoms with Crippen molar-refractivity contribution in [3.63, 3.8) is 0 Å². The van der Waals surface area contributed by atoms with Gasteiger partial charge >= 0.3 is 0 Å². The Bertz CT molecular complexity index is 1290. The predicted molar refractivity (Wildman–Crippen MR) is 146 cm³/mol. The average Bonchev–Trinajstić information content (AvgIpc) is 3.16. The Morgan fingerprint density at radius 2 is 1.97 bits per heavy atom. The van der Waals surface area contributed by atoms with E-state index in [9.17, 15) is 5.26 Å². The highest BCUT2D eigenvalue weighted by Gasteiger charge is 2.37. The molecular formula is C29H35N7O. The first-order valence-corrected chi connectivity index (χ1v) is 13.4. The van der Waals surface area contributed by atoms with Crippen LogP contribution in [0.15, 0.2) is 48.8 Å². The monoisotopic (exact) mass is 497 g/mol. The molecule has 192 valence electrons. The van der Waals surface area contributed by atoms with E-state index in [0.717, 1.165) is 62.3 Å². The SMILES string of the molecule is C[C@@H]1CN(c2ccc(C#N)c3ncccc23)C[C@@H]2C[C@H](c3ccc(N4CCOC[C@@H](N)C4)nc3)CCN21. The fourth-order valence-electron chi connectivity index (χ4n) is 6.48. The maximum atomic E-state index is 9.56. The normalized spacial score (nSPS) is 26.9. The Kier molecular flexibility index (Phi) is 6.68. The summed E-state index contributed by atoms with van der Waals surface area (Å²) < 4.78 is 5.59. The summed E-state index contributed by atoms with van der Waals surface area (Å²) in [5.41, 5.74) is 10.1. The third kappa shape index (κ3) is 4.75. The maximum absolute atomic E-state index is 9.56. The standard InChI is InChI=1S/C29H35N7O/c1-20-16-35(27-6-4-22(14-30)29-26(27)3-2-9-32-29)18-25-13-21(8-10-36(20)25)23-5-7-28(33-15-23)34-11-12-37-19-24(31)17-34/h2-7,9,15,20-21,24-25H,8,10-13,16-19,31H2,1H3/t20-,21-,24+,25+/m1/s1. The lowest BCUT2D eigenvalue weighted by molar-refractivity contribution is 0.0765. The highest BCUT2D eigenvalue weighted by atomic mass is 16.5. The molecule has 37 heavy (non-hydrogen) atoms. The van der Waals surface area contributed by atoms with E-state index in [0.29, 0.717) is 36.8 Å². The number of aromatic nitrogens is 2. The largest absolute Gasteiger partial charge is 0.378 e. The molecule has 5 heterocycles. The average molecular weight is 498 g/mol. The first-order chi connectivity index (χ1) is 18.1. The number of ether oxygens (including phenoxy) is 1. The number of nitrogens with two attached hydrogens (primary N) is 1. The summed E-state index contributed by atoms with van der Waals surface area (Å²) in [6, 6.07) is 15.8. The molecule has 0 saturated carbocycles. The van der Waals surface area contributed by atoms with Crippen molar-refractivity contribution in [3.8, 4) is 6.07 Å². The van der Waals surface area contributed by atoms with Crippen LogP contribution < -0.4 is 15.5 Å². The van der Waals surface area contributed by atoms with E-state index in [4.69, 9.17) is 15.5 Å². The van der Waals surface area contributed by atoms with Crippen molar-refractivity contribution in [1.82, 2.24) is 14.9 Å². The molecule has 8 nitrogen and oxygen atoms in total. The van der Waals surface area contributed by atoms with Gasteiger partial charge in [-0.1, -0.05) is 6.07 Å². The van der Waals surface area contributed by atoms with Gasteiger partial charge in [0.1, 0.15) is 11.9 Å². The van der Waals surface area contributed by atoms with Crippen molar-refractivity contribution in [1.29, 1.82) is 5.26 Å². The fourth-order valence-corrected chi connectivity index (χ4v) is 6.48. The molecule has 3 aliphatic rings. The summed E-state index contributed by atoms with van der Waals surface area (Å²) in [6.07, 6.45) is 6.13. The predicted octanol–water partition coefficient (Wildman–Crippen LogP) is 3.12. The molecule has 0 unspecified atom stereocenters. The second kappa shape index (κ2) is 10.3. The van der Waals surface area contributed by atoms with E-state index in [1.165, 1.54) is 11.3 Å². The number of nitriles is 1. The lowest BCUT2D eigenvalue weighted by atomic mass is 9.83. The van der Waals surface area contributed by atoms with E-state index in [2.05, 4.69) is 63.1 Å². The van der Waals surface area contributed by atoms with Crippen molar-refractivity contribution in [2.45, 2.75) is 43.8 Å². The molecule has 2 N–H and O–H groups in total. The van der Waals surface area contributed by atoms with Crippen molar-refractivity contribution in [2.24, 2.45) is 5.73 Å². The first-order valence-electron chi connectivity index (χ1n) is 13.4. The van der Waals surface area contributed by atoms with Gasteiger partial charge in [0.25, 0.3) is 0 Å². The summed E-state index contributed by atoms with van der Waals surface area (Å²) in [5.74, 6) is 1.49. The van der Waals surface area contributed by atoms with Gasteiger partial charge in [0.15, 0.2) is 0 Å². The Labute approximate surface area is 218 Å².